The van der Waals surface area contributed by atoms with Crippen LogP contribution in [0.4, 0.5) is 0 Å². The Hall–Kier alpha value is -1.92. The number of carbonyl (C=O) groups excluding carboxylic acids is 1. The summed E-state index contributed by atoms with van der Waals surface area (Å²) in [5.74, 6) is 1.44. The Kier molecular flexibility index (Phi) is 6.27. The number of benzene rings is 2. The van der Waals surface area contributed by atoms with E-state index in [2.05, 4.69) is 46.0 Å². The molecule has 134 valence electrons. The molecule has 26 heavy (non-hydrogen) atoms. The second kappa shape index (κ2) is 8.64. The first-order valence-electron chi connectivity index (χ1n) is 8.35. The summed E-state index contributed by atoms with van der Waals surface area (Å²) in [6.07, 6.45) is 1.27. The van der Waals surface area contributed by atoms with Gasteiger partial charge in [0.25, 0.3) is 5.22 Å². The number of thioether (sulfide) groups is 1. The molecule has 0 amide bonds. The number of hydrogen-bond donors (Lipinski definition) is 0. The number of Topliss-reactive ketones (excluding diaryl/α,β-unsaturated/α-hetero) is 1. The summed E-state index contributed by atoms with van der Waals surface area (Å²) in [6.45, 7) is 4.14. The molecule has 3 aromatic rings. The van der Waals surface area contributed by atoms with Crippen LogP contribution in [0, 0.1) is 13.8 Å². The van der Waals surface area contributed by atoms with Crippen LogP contribution in [0.15, 0.2) is 56.6 Å². The Morgan fingerprint density at radius 3 is 2.58 bits per heavy atom. The van der Waals surface area contributed by atoms with Gasteiger partial charge in [-0.05, 0) is 55.7 Å². The fourth-order valence-corrected chi connectivity index (χ4v) is 3.40. The predicted octanol–water partition coefficient (Wildman–Crippen LogP) is 5.87. The summed E-state index contributed by atoms with van der Waals surface area (Å²) < 4.78 is 6.69. The van der Waals surface area contributed by atoms with Crippen LogP contribution in [-0.4, -0.2) is 21.7 Å². The van der Waals surface area contributed by atoms with Crippen molar-refractivity contribution in [3.05, 3.63) is 63.6 Å². The molecule has 2 aromatic carbocycles. The molecule has 0 aliphatic rings. The van der Waals surface area contributed by atoms with E-state index in [1.165, 1.54) is 22.9 Å². The maximum absolute atomic E-state index is 12.1. The minimum absolute atomic E-state index is 0.152. The molecule has 0 aliphatic carbocycles. The van der Waals surface area contributed by atoms with Crippen LogP contribution in [0.5, 0.6) is 0 Å². The number of aromatic nitrogens is 2. The van der Waals surface area contributed by atoms with Crippen molar-refractivity contribution in [2.24, 2.45) is 0 Å². The number of hydrogen-bond acceptors (Lipinski definition) is 5. The smallest absolute Gasteiger partial charge is 0.276 e. The third kappa shape index (κ3) is 4.83. The first kappa shape index (κ1) is 18.9. The number of halogens is 1. The van der Waals surface area contributed by atoms with Gasteiger partial charge in [0.2, 0.25) is 5.89 Å². The summed E-state index contributed by atoms with van der Waals surface area (Å²) in [6, 6.07) is 13.5. The molecule has 0 fully saturated rings. The van der Waals surface area contributed by atoms with Crippen molar-refractivity contribution in [1.82, 2.24) is 10.2 Å². The lowest BCUT2D eigenvalue weighted by molar-refractivity contribution is 0.0982. The van der Waals surface area contributed by atoms with E-state index in [4.69, 9.17) is 4.42 Å². The zero-order valence-electron chi connectivity index (χ0n) is 14.7. The fraction of sp³-hybridized carbons (Fsp3) is 0.250. The molecule has 0 saturated heterocycles. The van der Waals surface area contributed by atoms with Gasteiger partial charge in [-0.1, -0.05) is 45.9 Å². The normalized spacial score (nSPS) is 10.9. The average Bonchev–Trinajstić information content (AvgIpc) is 3.10. The molecule has 0 atom stereocenters. The van der Waals surface area contributed by atoms with E-state index >= 15 is 0 Å². The maximum atomic E-state index is 12.1. The SMILES string of the molecule is Cc1ccc(-c2nnc(SCCCC(=O)c3ccc(Br)cc3)o2)cc1C. The van der Waals surface area contributed by atoms with Gasteiger partial charge in [-0.3, -0.25) is 4.79 Å². The third-order valence-corrected chi connectivity index (χ3v) is 5.53. The molecule has 0 spiro atoms. The van der Waals surface area contributed by atoms with Gasteiger partial charge in [-0.15, -0.1) is 10.2 Å². The summed E-state index contributed by atoms with van der Waals surface area (Å²) in [4.78, 5) is 12.1. The van der Waals surface area contributed by atoms with Crippen LogP contribution in [0.2, 0.25) is 0 Å². The second-order valence-electron chi connectivity index (χ2n) is 6.05. The van der Waals surface area contributed by atoms with Crippen LogP contribution in [0.25, 0.3) is 11.5 Å². The quantitative estimate of drug-likeness (QED) is 0.266. The van der Waals surface area contributed by atoms with Crippen molar-refractivity contribution in [3.63, 3.8) is 0 Å². The van der Waals surface area contributed by atoms with E-state index in [9.17, 15) is 4.79 Å². The average molecular weight is 431 g/mol. The molecule has 1 heterocycles. The number of ketones is 1. The standard InChI is InChI=1S/C20H19BrN2O2S/c1-13-5-6-16(12-14(13)2)19-22-23-20(25-19)26-11-3-4-18(24)15-7-9-17(21)10-8-15/h5-10,12H,3-4,11H2,1-2H3. The lowest BCUT2D eigenvalue weighted by atomic mass is 10.1. The van der Waals surface area contributed by atoms with Crippen LogP contribution in [0.1, 0.15) is 34.3 Å². The fourth-order valence-electron chi connectivity index (χ4n) is 2.43. The van der Waals surface area contributed by atoms with Gasteiger partial charge in [-0.25, -0.2) is 0 Å². The molecule has 0 saturated carbocycles. The highest BCUT2D eigenvalue weighted by Crippen LogP contribution is 2.25. The van der Waals surface area contributed by atoms with E-state index in [-0.39, 0.29) is 5.78 Å². The maximum Gasteiger partial charge on any atom is 0.276 e. The highest BCUT2D eigenvalue weighted by Gasteiger charge is 2.11. The zero-order valence-corrected chi connectivity index (χ0v) is 17.1. The lowest BCUT2D eigenvalue weighted by Crippen LogP contribution is -1.99. The van der Waals surface area contributed by atoms with Crippen molar-refractivity contribution < 1.29 is 9.21 Å². The summed E-state index contributed by atoms with van der Waals surface area (Å²) in [5, 5.41) is 8.74. The van der Waals surface area contributed by atoms with E-state index in [1.807, 2.05) is 36.4 Å². The highest BCUT2D eigenvalue weighted by molar-refractivity contribution is 9.10. The minimum Gasteiger partial charge on any atom is -0.411 e. The summed E-state index contributed by atoms with van der Waals surface area (Å²) in [7, 11) is 0. The summed E-state index contributed by atoms with van der Waals surface area (Å²) in [5.41, 5.74) is 4.10. The van der Waals surface area contributed by atoms with Gasteiger partial charge >= 0.3 is 0 Å². The van der Waals surface area contributed by atoms with Gasteiger partial charge in [-0.2, -0.15) is 0 Å². The highest BCUT2D eigenvalue weighted by atomic mass is 79.9. The Bertz CT molecular complexity index is 906. The van der Waals surface area contributed by atoms with Gasteiger partial charge in [0, 0.05) is 27.8 Å². The van der Waals surface area contributed by atoms with E-state index < -0.39 is 0 Å². The second-order valence-corrected chi connectivity index (χ2v) is 8.02. The lowest BCUT2D eigenvalue weighted by Gasteiger charge is -2.01. The monoisotopic (exact) mass is 430 g/mol. The predicted molar refractivity (Wildman–Crippen MR) is 108 cm³/mol. The molecule has 0 unspecified atom stereocenters. The molecule has 0 aliphatic heterocycles. The van der Waals surface area contributed by atoms with E-state index in [0.717, 1.165) is 27.8 Å². The van der Waals surface area contributed by atoms with Crippen LogP contribution in [-0.2, 0) is 0 Å². The van der Waals surface area contributed by atoms with E-state index in [1.54, 1.807) is 0 Å². The molecule has 4 nitrogen and oxygen atoms in total. The number of rotatable bonds is 7. The number of aryl methyl sites for hydroxylation is 2. The van der Waals surface area contributed by atoms with Crippen molar-refractivity contribution in [2.45, 2.75) is 31.9 Å². The topological polar surface area (TPSA) is 56.0 Å². The Morgan fingerprint density at radius 2 is 1.85 bits per heavy atom. The van der Waals surface area contributed by atoms with Crippen molar-refractivity contribution in [2.75, 3.05) is 5.75 Å². The molecule has 6 heteroatoms. The molecule has 1 aromatic heterocycles. The molecule has 0 bridgehead atoms. The first-order valence-corrected chi connectivity index (χ1v) is 10.1. The first-order chi connectivity index (χ1) is 12.5. The molecule has 0 N–H and O–H groups in total. The molecular weight excluding hydrogens is 412 g/mol. The van der Waals surface area contributed by atoms with Gasteiger partial charge < -0.3 is 4.42 Å². The van der Waals surface area contributed by atoms with E-state index in [0.29, 0.717) is 17.5 Å². The minimum atomic E-state index is 0.152. The van der Waals surface area contributed by atoms with Crippen molar-refractivity contribution in [3.8, 4) is 11.5 Å². The number of nitrogens with zero attached hydrogens (tertiary/aromatic N) is 2. The van der Waals surface area contributed by atoms with Crippen molar-refractivity contribution >= 4 is 33.5 Å². The zero-order chi connectivity index (χ0) is 18.5. The van der Waals surface area contributed by atoms with Gasteiger partial charge in [0.05, 0.1) is 0 Å². The van der Waals surface area contributed by atoms with Crippen LogP contribution in [0.3, 0.4) is 0 Å². The van der Waals surface area contributed by atoms with Gasteiger partial charge in [0.15, 0.2) is 5.78 Å². The number of carbonyl (C=O) groups is 1. The van der Waals surface area contributed by atoms with Crippen LogP contribution >= 0.6 is 27.7 Å². The molecule has 3 rings (SSSR count). The molecular formula is C20H19BrN2O2S. The van der Waals surface area contributed by atoms with Gasteiger partial charge in [0.1, 0.15) is 0 Å². The Labute approximate surface area is 165 Å². The summed E-state index contributed by atoms with van der Waals surface area (Å²) >= 11 is 4.86. The third-order valence-electron chi connectivity index (χ3n) is 4.10. The Morgan fingerprint density at radius 1 is 1.08 bits per heavy atom. The Balaban J connectivity index is 1.50. The van der Waals surface area contributed by atoms with Crippen molar-refractivity contribution in [1.29, 1.82) is 0 Å². The van der Waals surface area contributed by atoms with Crippen LogP contribution < -0.4 is 0 Å². The largest absolute Gasteiger partial charge is 0.411 e. The molecule has 0 radical (unpaired) electrons.